The molecule has 0 bridgehead atoms. The van der Waals surface area contributed by atoms with Crippen molar-refractivity contribution in [3.8, 4) is 0 Å². The Labute approximate surface area is 140 Å². The smallest absolute Gasteiger partial charge is 0.139 e. The lowest BCUT2D eigenvalue weighted by molar-refractivity contribution is -0.147. The van der Waals surface area contributed by atoms with Crippen LogP contribution < -0.4 is 0 Å². The molecule has 2 nitrogen and oxygen atoms in total. The van der Waals surface area contributed by atoms with Crippen LogP contribution in [0.25, 0.3) is 0 Å². The van der Waals surface area contributed by atoms with Crippen LogP contribution in [-0.2, 0) is 4.79 Å². The van der Waals surface area contributed by atoms with Crippen LogP contribution in [0.3, 0.4) is 0 Å². The molecule has 1 N–H and O–H groups in total. The highest BCUT2D eigenvalue weighted by molar-refractivity contribution is 5.87. The van der Waals surface area contributed by atoms with Crippen molar-refractivity contribution < 1.29 is 9.90 Å². The third-order valence-electron chi connectivity index (χ3n) is 8.85. The van der Waals surface area contributed by atoms with E-state index in [0.717, 1.165) is 50.4 Å². The van der Waals surface area contributed by atoms with Gasteiger partial charge in [0.2, 0.25) is 0 Å². The van der Waals surface area contributed by atoms with Gasteiger partial charge in [0.1, 0.15) is 5.78 Å². The summed E-state index contributed by atoms with van der Waals surface area (Å²) in [5.74, 6) is 3.31. The predicted octanol–water partition coefficient (Wildman–Crippen LogP) is 4.52. The van der Waals surface area contributed by atoms with E-state index < -0.39 is 5.60 Å². The highest BCUT2D eigenvalue weighted by atomic mass is 16.3. The zero-order valence-corrected chi connectivity index (χ0v) is 14.8. The molecule has 2 heteroatoms. The summed E-state index contributed by atoms with van der Waals surface area (Å²) in [6, 6.07) is 0. The lowest BCUT2D eigenvalue weighted by Gasteiger charge is -2.61. The van der Waals surface area contributed by atoms with E-state index in [-0.39, 0.29) is 5.41 Å². The van der Waals surface area contributed by atoms with Gasteiger partial charge in [-0.15, -0.1) is 6.58 Å². The van der Waals surface area contributed by atoms with Crippen molar-refractivity contribution in [2.24, 2.45) is 34.5 Å². The van der Waals surface area contributed by atoms with Gasteiger partial charge in [0.15, 0.2) is 0 Å². The Morgan fingerprint density at radius 3 is 2.61 bits per heavy atom. The predicted molar refractivity (Wildman–Crippen MR) is 91.9 cm³/mol. The van der Waals surface area contributed by atoms with Crippen molar-refractivity contribution in [1.29, 1.82) is 0 Å². The number of hydrogen-bond acceptors (Lipinski definition) is 2. The first-order chi connectivity index (χ1) is 10.8. The van der Waals surface area contributed by atoms with Crippen LogP contribution in [0.15, 0.2) is 12.7 Å². The van der Waals surface area contributed by atoms with Crippen LogP contribution in [0, 0.1) is 34.5 Å². The fourth-order valence-corrected chi connectivity index (χ4v) is 7.23. The van der Waals surface area contributed by atoms with Crippen molar-refractivity contribution in [2.45, 2.75) is 77.2 Å². The third kappa shape index (κ3) is 2.06. The highest BCUT2D eigenvalue weighted by Crippen LogP contribution is 2.66. The number of carbonyl (C=O) groups is 1. The monoisotopic (exact) mass is 316 g/mol. The van der Waals surface area contributed by atoms with Crippen molar-refractivity contribution >= 4 is 5.78 Å². The number of aliphatic hydroxyl groups is 1. The summed E-state index contributed by atoms with van der Waals surface area (Å²) in [7, 11) is 0. The van der Waals surface area contributed by atoms with Crippen LogP contribution in [-0.4, -0.2) is 16.5 Å². The molecule has 4 fully saturated rings. The lowest BCUT2D eigenvalue weighted by atomic mass is 9.44. The van der Waals surface area contributed by atoms with Gasteiger partial charge in [-0.05, 0) is 80.5 Å². The molecule has 0 aromatic heterocycles. The molecule has 7 unspecified atom stereocenters. The lowest BCUT2D eigenvalue weighted by Crippen LogP contribution is -2.55. The first kappa shape index (κ1) is 15.9. The van der Waals surface area contributed by atoms with Gasteiger partial charge in [0, 0.05) is 11.8 Å². The maximum atomic E-state index is 12.4. The molecular formula is C21H32O2. The van der Waals surface area contributed by atoms with Gasteiger partial charge in [0.25, 0.3) is 0 Å². The summed E-state index contributed by atoms with van der Waals surface area (Å²) in [4.78, 5) is 12.4. The van der Waals surface area contributed by atoms with E-state index in [1.54, 1.807) is 6.08 Å². The number of ketones is 1. The molecular weight excluding hydrogens is 284 g/mol. The normalized spacial score (nSPS) is 55.7. The molecule has 4 rings (SSSR count). The first-order valence-corrected chi connectivity index (χ1v) is 9.72. The molecule has 0 saturated heterocycles. The number of hydrogen-bond donors (Lipinski definition) is 1. The summed E-state index contributed by atoms with van der Waals surface area (Å²) in [6.45, 7) is 8.63. The van der Waals surface area contributed by atoms with Gasteiger partial charge < -0.3 is 5.11 Å². The SMILES string of the molecule is C=CC1(O)CCC2(C)C(CCC3C4CCC(=O)C4(C)CCC32)C1. The average molecular weight is 316 g/mol. The van der Waals surface area contributed by atoms with E-state index in [9.17, 15) is 9.90 Å². The van der Waals surface area contributed by atoms with E-state index >= 15 is 0 Å². The second kappa shape index (κ2) is 4.94. The van der Waals surface area contributed by atoms with Gasteiger partial charge in [-0.2, -0.15) is 0 Å². The molecule has 0 radical (unpaired) electrons. The Morgan fingerprint density at radius 1 is 1.09 bits per heavy atom. The van der Waals surface area contributed by atoms with Crippen molar-refractivity contribution in [3.63, 3.8) is 0 Å². The zero-order valence-electron chi connectivity index (χ0n) is 14.8. The Kier molecular flexibility index (Phi) is 3.41. The van der Waals surface area contributed by atoms with E-state index in [1.807, 2.05) is 0 Å². The minimum atomic E-state index is -0.635. The topological polar surface area (TPSA) is 37.3 Å². The van der Waals surface area contributed by atoms with Crippen LogP contribution in [0.5, 0.6) is 0 Å². The standard InChI is InChI=1S/C21H32O2/c1-4-21(23)12-11-19(2)14(13-21)5-6-15-16-7-8-18(22)20(16,3)10-9-17(15)19/h4,14-17,23H,1,5-13H2,2-3H3. The van der Waals surface area contributed by atoms with Gasteiger partial charge in [-0.1, -0.05) is 19.9 Å². The fourth-order valence-electron chi connectivity index (χ4n) is 7.23. The first-order valence-electron chi connectivity index (χ1n) is 9.72. The van der Waals surface area contributed by atoms with E-state index in [1.165, 1.54) is 19.3 Å². The van der Waals surface area contributed by atoms with Crippen LogP contribution in [0.2, 0.25) is 0 Å². The quantitative estimate of drug-likeness (QED) is 0.722. The van der Waals surface area contributed by atoms with E-state index in [2.05, 4.69) is 20.4 Å². The molecule has 0 heterocycles. The number of fused-ring (bicyclic) bond motifs is 5. The minimum Gasteiger partial charge on any atom is -0.386 e. The Hall–Kier alpha value is -0.630. The van der Waals surface area contributed by atoms with Gasteiger partial charge >= 0.3 is 0 Å². The molecule has 7 atom stereocenters. The zero-order chi connectivity index (χ0) is 16.5. The molecule has 0 spiro atoms. The second-order valence-corrected chi connectivity index (χ2v) is 9.59. The van der Waals surface area contributed by atoms with Crippen LogP contribution >= 0.6 is 0 Å². The largest absolute Gasteiger partial charge is 0.386 e. The van der Waals surface area contributed by atoms with Crippen LogP contribution in [0.1, 0.15) is 71.6 Å². The van der Waals surface area contributed by atoms with Crippen molar-refractivity contribution in [3.05, 3.63) is 12.7 Å². The van der Waals surface area contributed by atoms with E-state index in [4.69, 9.17) is 0 Å². The summed E-state index contributed by atoms with van der Waals surface area (Å²) >= 11 is 0. The molecule has 0 aromatic carbocycles. The fraction of sp³-hybridized carbons (Fsp3) is 0.857. The second-order valence-electron chi connectivity index (χ2n) is 9.59. The summed E-state index contributed by atoms with van der Waals surface area (Å²) < 4.78 is 0. The number of Topliss-reactive ketones (excluding diaryl/α,β-unsaturated/α-hetero) is 1. The molecule has 4 aliphatic rings. The Morgan fingerprint density at radius 2 is 1.87 bits per heavy atom. The van der Waals surface area contributed by atoms with Gasteiger partial charge in [-0.3, -0.25) is 4.79 Å². The average Bonchev–Trinajstić information content (AvgIpc) is 2.84. The third-order valence-corrected chi connectivity index (χ3v) is 8.85. The Bertz CT molecular complexity index is 540. The Balaban J connectivity index is 1.62. The summed E-state index contributed by atoms with van der Waals surface area (Å²) in [6.07, 6.45) is 11.5. The molecule has 128 valence electrons. The van der Waals surface area contributed by atoms with Crippen LogP contribution in [0.4, 0.5) is 0 Å². The van der Waals surface area contributed by atoms with Crippen molar-refractivity contribution in [2.75, 3.05) is 0 Å². The maximum Gasteiger partial charge on any atom is 0.139 e. The summed E-state index contributed by atoms with van der Waals surface area (Å²) in [5.41, 5.74) is -0.282. The molecule has 4 saturated carbocycles. The van der Waals surface area contributed by atoms with Gasteiger partial charge in [-0.25, -0.2) is 0 Å². The minimum absolute atomic E-state index is 0.0130. The van der Waals surface area contributed by atoms with Crippen molar-refractivity contribution in [1.82, 2.24) is 0 Å². The molecule has 4 aliphatic carbocycles. The van der Waals surface area contributed by atoms with Gasteiger partial charge in [0.05, 0.1) is 5.60 Å². The summed E-state index contributed by atoms with van der Waals surface area (Å²) in [5, 5.41) is 10.7. The highest BCUT2D eigenvalue weighted by Gasteiger charge is 2.60. The molecule has 23 heavy (non-hydrogen) atoms. The maximum absolute atomic E-state index is 12.4. The van der Waals surface area contributed by atoms with E-state index in [0.29, 0.717) is 23.0 Å². The molecule has 0 amide bonds. The number of carbonyl (C=O) groups excluding carboxylic acids is 1. The molecule has 0 aliphatic heterocycles. The molecule has 0 aromatic rings. The number of rotatable bonds is 1.